The summed E-state index contributed by atoms with van der Waals surface area (Å²) in [7, 11) is 0. The first-order chi connectivity index (χ1) is 8.06. The third-order valence-electron chi connectivity index (χ3n) is 2.39. The van der Waals surface area contributed by atoms with Gasteiger partial charge in [0.15, 0.2) is 0 Å². The normalized spacial score (nSPS) is 10.2. The van der Waals surface area contributed by atoms with Crippen molar-refractivity contribution in [3.05, 3.63) is 52.8 Å². The lowest BCUT2D eigenvalue weighted by atomic mass is 10.1. The van der Waals surface area contributed by atoms with Crippen LogP contribution in [0.25, 0.3) is 11.1 Å². The summed E-state index contributed by atoms with van der Waals surface area (Å²) in [6, 6.07) is 9.16. The first-order valence-corrected chi connectivity index (χ1v) is 5.47. The van der Waals surface area contributed by atoms with Gasteiger partial charge in [0, 0.05) is 16.8 Å². The second-order valence-corrected chi connectivity index (χ2v) is 4.25. The Labute approximate surface area is 104 Å². The van der Waals surface area contributed by atoms with Gasteiger partial charge in [0.25, 0.3) is 5.91 Å². The summed E-state index contributed by atoms with van der Waals surface area (Å²) in [6.07, 6.45) is 1.62. The summed E-state index contributed by atoms with van der Waals surface area (Å²) in [5.74, 6) is -0.529. The molecule has 0 fully saturated rings. The average molecular weight is 247 g/mol. The molecule has 0 radical (unpaired) electrons. The number of pyridine rings is 1. The summed E-state index contributed by atoms with van der Waals surface area (Å²) < 4.78 is 0. The maximum Gasteiger partial charge on any atom is 0.267 e. The summed E-state index contributed by atoms with van der Waals surface area (Å²) in [4.78, 5) is 14.9. The van der Waals surface area contributed by atoms with E-state index in [9.17, 15) is 4.79 Å². The quantitative estimate of drug-likeness (QED) is 0.886. The van der Waals surface area contributed by atoms with Crippen LogP contribution in [0.15, 0.2) is 36.5 Å². The van der Waals surface area contributed by atoms with Gasteiger partial charge in [-0.15, -0.1) is 0 Å². The van der Waals surface area contributed by atoms with Gasteiger partial charge in [-0.25, -0.2) is 0 Å². The number of aromatic nitrogens is 1. The highest BCUT2D eigenvalue weighted by Crippen LogP contribution is 2.24. The van der Waals surface area contributed by atoms with Crippen LogP contribution in [0.3, 0.4) is 0 Å². The van der Waals surface area contributed by atoms with E-state index in [0.717, 1.165) is 16.7 Å². The van der Waals surface area contributed by atoms with Gasteiger partial charge in [-0.05, 0) is 36.2 Å². The van der Waals surface area contributed by atoms with Gasteiger partial charge >= 0.3 is 0 Å². The maximum absolute atomic E-state index is 10.9. The van der Waals surface area contributed by atoms with Crippen molar-refractivity contribution in [2.24, 2.45) is 5.73 Å². The number of carbonyl (C=O) groups is 1. The van der Waals surface area contributed by atoms with Crippen LogP contribution in [0.1, 0.15) is 16.1 Å². The average Bonchev–Trinajstić information content (AvgIpc) is 2.28. The molecule has 2 N–H and O–H groups in total. The molecule has 0 atom stereocenters. The molecule has 1 heterocycles. The Bertz CT molecular complexity index is 544. The molecule has 0 aliphatic carbocycles. The van der Waals surface area contributed by atoms with Crippen molar-refractivity contribution >= 4 is 17.5 Å². The summed E-state index contributed by atoms with van der Waals surface area (Å²) in [5.41, 5.74) is 8.33. The molecule has 3 nitrogen and oxygen atoms in total. The van der Waals surface area contributed by atoms with Gasteiger partial charge in [0.2, 0.25) is 0 Å². The summed E-state index contributed by atoms with van der Waals surface area (Å²) >= 11 is 5.99. The van der Waals surface area contributed by atoms with Gasteiger partial charge < -0.3 is 5.73 Å². The van der Waals surface area contributed by atoms with E-state index < -0.39 is 5.91 Å². The largest absolute Gasteiger partial charge is 0.364 e. The lowest BCUT2D eigenvalue weighted by Crippen LogP contribution is -2.12. The number of primary amides is 1. The first-order valence-electron chi connectivity index (χ1n) is 5.09. The zero-order chi connectivity index (χ0) is 12.4. The Kier molecular flexibility index (Phi) is 3.11. The number of hydrogen-bond acceptors (Lipinski definition) is 2. The third kappa shape index (κ3) is 2.63. The number of carbonyl (C=O) groups excluding carboxylic acids is 1. The molecule has 1 aromatic carbocycles. The monoisotopic (exact) mass is 246 g/mol. The van der Waals surface area contributed by atoms with Gasteiger partial charge in [0.1, 0.15) is 5.69 Å². The van der Waals surface area contributed by atoms with E-state index in [1.807, 2.05) is 25.1 Å². The molecule has 0 bridgehead atoms. The number of nitrogens with zero attached hydrogens (tertiary/aromatic N) is 1. The van der Waals surface area contributed by atoms with E-state index >= 15 is 0 Å². The van der Waals surface area contributed by atoms with Crippen LogP contribution in [0.5, 0.6) is 0 Å². The molecule has 0 aliphatic rings. The molecule has 4 heteroatoms. The second kappa shape index (κ2) is 4.55. The van der Waals surface area contributed by atoms with Crippen LogP contribution in [0.4, 0.5) is 0 Å². The Hall–Kier alpha value is -1.87. The van der Waals surface area contributed by atoms with E-state index in [-0.39, 0.29) is 5.69 Å². The number of aryl methyl sites for hydroxylation is 1. The molecule has 0 saturated heterocycles. The van der Waals surface area contributed by atoms with Crippen LogP contribution >= 0.6 is 11.6 Å². The van der Waals surface area contributed by atoms with Crippen molar-refractivity contribution in [1.82, 2.24) is 4.98 Å². The predicted octanol–water partition coefficient (Wildman–Crippen LogP) is 2.81. The fraction of sp³-hybridized carbons (Fsp3) is 0.0769. The van der Waals surface area contributed by atoms with Crippen molar-refractivity contribution in [3.63, 3.8) is 0 Å². The Morgan fingerprint density at radius 2 is 2.00 bits per heavy atom. The van der Waals surface area contributed by atoms with Crippen LogP contribution < -0.4 is 5.73 Å². The Morgan fingerprint density at radius 1 is 1.24 bits per heavy atom. The van der Waals surface area contributed by atoms with Crippen molar-refractivity contribution in [2.75, 3.05) is 0 Å². The third-order valence-corrected chi connectivity index (χ3v) is 2.61. The molecule has 2 aromatic rings. The molecule has 17 heavy (non-hydrogen) atoms. The standard InChI is InChI=1S/C13H11ClN2O/c1-8-4-10(6-11(14)5-8)9-2-3-12(13(15)17)16-7-9/h2-7H,1H3,(H2,15,17). The van der Waals surface area contributed by atoms with Crippen LogP contribution in [0.2, 0.25) is 5.02 Å². The molecular formula is C13H11ClN2O. The Balaban J connectivity index is 2.43. The predicted molar refractivity (Wildman–Crippen MR) is 67.9 cm³/mol. The van der Waals surface area contributed by atoms with Gasteiger partial charge in [0.05, 0.1) is 0 Å². The second-order valence-electron chi connectivity index (χ2n) is 3.81. The van der Waals surface area contributed by atoms with Crippen LogP contribution in [-0.4, -0.2) is 10.9 Å². The minimum absolute atomic E-state index is 0.257. The van der Waals surface area contributed by atoms with Crippen LogP contribution in [-0.2, 0) is 0 Å². The molecule has 0 spiro atoms. The van der Waals surface area contributed by atoms with Crippen molar-refractivity contribution < 1.29 is 4.79 Å². The lowest BCUT2D eigenvalue weighted by molar-refractivity contribution is 0.0995. The number of hydrogen-bond donors (Lipinski definition) is 1. The highest BCUT2D eigenvalue weighted by atomic mass is 35.5. The van der Waals surface area contributed by atoms with E-state index in [1.165, 1.54) is 0 Å². The van der Waals surface area contributed by atoms with E-state index in [1.54, 1.807) is 18.3 Å². The van der Waals surface area contributed by atoms with Crippen molar-refractivity contribution in [1.29, 1.82) is 0 Å². The smallest absolute Gasteiger partial charge is 0.267 e. The summed E-state index contributed by atoms with van der Waals surface area (Å²) in [5, 5.41) is 0.680. The topological polar surface area (TPSA) is 56.0 Å². The van der Waals surface area contributed by atoms with Gasteiger partial charge in [-0.1, -0.05) is 23.7 Å². The fourth-order valence-electron chi connectivity index (χ4n) is 1.61. The fourth-order valence-corrected chi connectivity index (χ4v) is 1.90. The van der Waals surface area contributed by atoms with Crippen molar-refractivity contribution in [3.8, 4) is 11.1 Å². The van der Waals surface area contributed by atoms with E-state index in [4.69, 9.17) is 17.3 Å². The lowest BCUT2D eigenvalue weighted by Gasteiger charge is -2.04. The first kappa shape index (κ1) is 11.6. The zero-order valence-corrected chi connectivity index (χ0v) is 10.0. The molecule has 86 valence electrons. The molecule has 2 rings (SSSR count). The van der Waals surface area contributed by atoms with Crippen LogP contribution in [0, 0.1) is 6.92 Å². The number of benzene rings is 1. The Morgan fingerprint density at radius 3 is 2.53 bits per heavy atom. The van der Waals surface area contributed by atoms with Gasteiger partial charge in [-0.3, -0.25) is 9.78 Å². The minimum atomic E-state index is -0.529. The highest BCUT2D eigenvalue weighted by molar-refractivity contribution is 6.30. The number of amides is 1. The minimum Gasteiger partial charge on any atom is -0.364 e. The molecule has 1 aromatic heterocycles. The van der Waals surface area contributed by atoms with E-state index in [0.29, 0.717) is 5.02 Å². The van der Waals surface area contributed by atoms with Crippen molar-refractivity contribution in [2.45, 2.75) is 6.92 Å². The molecule has 0 saturated carbocycles. The summed E-state index contributed by atoms with van der Waals surface area (Å²) in [6.45, 7) is 1.97. The number of nitrogens with two attached hydrogens (primary N) is 1. The van der Waals surface area contributed by atoms with E-state index in [2.05, 4.69) is 4.98 Å². The maximum atomic E-state index is 10.9. The zero-order valence-electron chi connectivity index (χ0n) is 9.27. The molecule has 1 amide bonds. The van der Waals surface area contributed by atoms with Gasteiger partial charge in [-0.2, -0.15) is 0 Å². The molecule has 0 unspecified atom stereocenters. The number of rotatable bonds is 2. The SMILES string of the molecule is Cc1cc(Cl)cc(-c2ccc(C(N)=O)nc2)c1. The molecule has 0 aliphatic heterocycles. The number of halogens is 1. The highest BCUT2D eigenvalue weighted by Gasteiger charge is 2.04. The molecular weight excluding hydrogens is 236 g/mol.